The van der Waals surface area contributed by atoms with Gasteiger partial charge < -0.3 is 5.32 Å². The summed E-state index contributed by atoms with van der Waals surface area (Å²) in [7, 11) is 0. The van der Waals surface area contributed by atoms with Crippen molar-refractivity contribution < 1.29 is 4.79 Å². The van der Waals surface area contributed by atoms with Crippen LogP contribution in [0.2, 0.25) is 0 Å². The highest BCUT2D eigenvalue weighted by molar-refractivity contribution is 5.98. The summed E-state index contributed by atoms with van der Waals surface area (Å²) in [5.74, 6) is 0.396. The zero-order chi connectivity index (χ0) is 8.89. The Hall–Kier alpha value is -1.15. The fraction of sp³-hybridized carbons (Fsp3) is 0.364. The Kier molecular flexibility index (Phi) is 1.23. The molecule has 1 aliphatic heterocycles. The molecule has 0 radical (unpaired) electrons. The number of Topliss-reactive ketones (excluding diaryl/α,β-unsaturated/α-hetero) is 1. The highest BCUT2D eigenvalue weighted by atomic mass is 16.1. The topological polar surface area (TPSA) is 29.1 Å². The van der Waals surface area contributed by atoms with Crippen LogP contribution in [0, 0.1) is 0 Å². The molecule has 0 amide bonds. The zero-order valence-corrected chi connectivity index (χ0v) is 7.34. The van der Waals surface area contributed by atoms with E-state index in [0.29, 0.717) is 12.2 Å². The van der Waals surface area contributed by atoms with Crippen molar-refractivity contribution in [2.24, 2.45) is 0 Å². The van der Waals surface area contributed by atoms with E-state index in [0.717, 1.165) is 13.1 Å². The normalized spacial score (nSPS) is 22.9. The third-order valence-corrected chi connectivity index (χ3v) is 3.27. The standard InChI is InChI=1S/C11H11NO/c13-10-5-8-3-1-2-4-9(8)11(10)6-12-7-11/h1-4,12H,5-7H2. The second kappa shape index (κ2) is 2.20. The highest BCUT2D eigenvalue weighted by Gasteiger charge is 2.50. The molecule has 0 bridgehead atoms. The number of benzene rings is 1. The number of carbonyl (C=O) groups is 1. The van der Waals surface area contributed by atoms with E-state index in [4.69, 9.17) is 0 Å². The van der Waals surface area contributed by atoms with Crippen LogP contribution in [0.5, 0.6) is 0 Å². The number of ketones is 1. The summed E-state index contributed by atoms with van der Waals surface area (Å²) >= 11 is 0. The predicted molar refractivity (Wildman–Crippen MR) is 49.7 cm³/mol. The first-order valence-corrected chi connectivity index (χ1v) is 4.65. The molecular formula is C11H11NO. The Labute approximate surface area is 77.0 Å². The van der Waals surface area contributed by atoms with Gasteiger partial charge in [-0.1, -0.05) is 24.3 Å². The molecule has 1 saturated heterocycles. The maximum absolute atomic E-state index is 11.8. The van der Waals surface area contributed by atoms with Gasteiger partial charge in [-0.2, -0.15) is 0 Å². The molecule has 1 aliphatic carbocycles. The zero-order valence-electron chi connectivity index (χ0n) is 7.34. The smallest absolute Gasteiger partial charge is 0.150 e. The first-order valence-electron chi connectivity index (χ1n) is 4.65. The quantitative estimate of drug-likeness (QED) is 0.624. The lowest BCUT2D eigenvalue weighted by atomic mass is 9.76. The largest absolute Gasteiger partial charge is 0.314 e. The van der Waals surface area contributed by atoms with Crippen LogP contribution in [-0.2, 0) is 16.6 Å². The van der Waals surface area contributed by atoms with Gasteiger partial charge in [0.2, 0.25) is 0 Å². The summed E-state index contributed by atoms with van der Waals surface area (Å²) in [6.45, 7) is 1.67. The van der Waals surface area contributed by atoms with Crippen molar-refractivity contribution in [3.8, 4) is 0 Å². The molecule has 2 heteroatoms. The monoisotopic (exact) mass is 173 g/mol. The number of hydrogen-bond donors (Lipinski definition) is 1. The SMILES string of the molecule is O=C1Cc2ccccc2C12CNC2. The molecule has 1 spiro atoms. The van der Waals surface area contributed by atoms with Crippen molar-refractivity contribution >= 4 is 5.78 Å². The van der Waals surface area contributed by atoms with Gasteiger partial charge in [0.15, 0.2) is 0 Å². The second-order valence-corrected chi connectivity index (χ2v) is 3.94. The molecule has 0 atom stereocenters. The van der Waals surface area contributed by atoms with Crippen LogP contribution in [0.25, 0.3) is 0 Å². The lowest BCUT2D eigenvalue weighted by molar-refractivity contribution is -0.124. The van der Waals surface area contributed by atoms with E-state index >= 15 is 0 Å². The van der Waals surface area contributed by atoms with Gasteiger partial charge in [0.1, 0.15) is 5.78 Å². The summed E-state index contributed by atoms with van der Waals surface area (Å²) in [6.07, 6.45) is 0.637. The Bertz CT molecular complexity index is 379. The van der Waals surface area contributed by atoms with E-state index in [1.165, 1.54) is 11.1 Å². The predicted octanol–water partition coefficient (Wildman–Crippen LogP) is 0.653. The molecule has 2 aliphatic rings. The number of hydrogen-bond acceptors (Lipinski definition) is 2. The van der Waals surface area contributed by atoms with Crippen LogP contribution in [0.1, 0.15) is 11.1 Å². The number of carbonyl (C=O) groups excluding carboxylic acids is 1. The van der Waals surface area contributed by atoms with Crippen molar-refractivity contribution in [1.29, 1.82) is 0 Å². The second-order valence-electron chi connectivity index (χ2n) is 3.94. The van der Waals surface area contributed by atoms with E-state index in [-0.39, 0.29) is 5.41 Å². The molecule has 13 heavy (non-hydrogen) atoms. The van der Waals surface area contributed by atoms with Gasteiger partial charge in [0, 0.05) is 19.5 Å². The van der Waals surface area contributed by atoms with Crippen molar-refractivity contribution in [2.45, 2.75) is 11.8 Å². The fourth-order valence-electron chi connectivity index (χ4n) is 2.40. The summed E-state index contributed by atoms with van der Waals surface area (Å²) < 4.78 is 0. The minimum Gasteiger partial charge on any atom is -0.314 e. The maximum atomic E-state index is 11.8. The van der Waals surface area contributed by atoms with E-state index in [1.807, 2.05) is 12.1 Å². The molecule has 2 nitrogen and oxygen atoms in total. The Morgan fingerprint density at radius 2 is 2.00 bits per heavy atom. The van der Waals surface area contributed by atoms with Gasteiger partial charge in [-0.3, -0.25) is 4.79 Å². The first-order chi connectivity index (χ1) is 6.33. The summed E-state index contributed by atoms with van der Waals surface area (Å²) in [5.41, 5.74) is 2.35. The number of rotatable bonds is 0. The van der Waals surface area contributed by atoms with Crippen LogP contribution in [-0.4, -0.2) is 18.9 Å². The molecular weight excluding hydrogens is 162 g/mol. The fourth-order valence-corrected chi connectivity index (χ4v) is 2.40. The molecule has 0 unspecified atom stereocenters. The van der Waals surface area contributed by atoms with E-state index in [1.54, 1.807) is 0 Å². The molecule has 1 aromatic carbocycles. The molecule has 1 fully saturated rings. The molecule has 0 saturated carbocycles. The number of fused-ring (bicyclic) bond motifs is 2. The maximum Gasteiger partial charge on any atom is 0.150 e. The lowest BCUT2D eigenvalue weighted by Gasteiger charge is -2.38. The van der Waals surface area contributed by atoms with Crippen LogP contribution in [0.4, 0.5) is 0 Å². The minimum absolute atomic E-state index is 0.142. The van der Waals surface area contributed by atoms with E-state index in [2.05, 4.69) is 17.4 Å². The van der Waals surface area contributed by atoms with E-state index in [9.17, 15) is 4.79 Å². The van der Waals surface area contributed by atoms with E-state index < -0.39 is 0 Å². The average molecular weight is 173 g/mol. The summed E-state index contributed by atoms with van der Waals surface area (Å²) in [6, 6.07) is 8.20. The molecule has 66 valence electrons. The Morgan fingerprint density at radius 3 is 2.69 bits per heavy atom. The Morgan fingerprint density at radius 1 is 1.23 bits per heavy atom. The molecule has 1 heterocycles. The van der Waals surface area contributed by atoms with Crippen molar-refractivity contribution in [3.05, 3.63) is 35.4 Å². The van der Waals surface area contributed by atoms with Gasteiger partial charge in [-0.05, 0) is 11.1 Å². The van der Waals surface area contributed by atoms with Gasteiger partial charge in [0.05, 0.1) is 5.41 Å². The van der Waals surface area contributed by atoms with Gasteiger partial charge in [0.25, 0.3) is 0 Å². The van der Waals surface area contributed by atoms with Crippen molar-refractivity contribution in [1.82, 2.24) is 5.32 Å². The third-order valence-electron chi connectivity index (χ3n) is 3.27. The lowest BCUT2D eigenvalue weighted by Crippen LogP contribution is -2.59. The first kappa shape index (κ1) is 7.27. The van der Waals surface area contributed by atoms with Crippen LogP contribution < -0.4 is 5.32 Å². The number of nitrogens with one attached hydrogen (secondary N) is 1. The Balaban J connectivity index is 2.20. The summed E-state index contributed by atoms with van der Waals surface area (Å²) in [4.78, 5) is 11.8. The molecule has 1 N–H and O–H groups in total. The molecule has 3 rings (SSSR count). The van der Waals surface area contributed by atoms with Crippen molar-refractivity contribution in [3.63, 3.8) is 0 Å². The highest BCUT2D eigenvalue weighted by Crippen LogP contribution is 2.38. The minimum atomic E-state index is -0.142. The van der Waals surface area contributed by atoms with Crippen LogP contribution >= 0.6 is 0 Å². The van der Waals surface area contributed by atoms with Crippen LogP contribution in [0.15, 0.2) is 24.3 Å². The van der Waals surface area contributed by atoms with Crippen LogP contribution in [0.3, 0.4) is 0 Å². The molecule has 1 aromatic rings. The molecule has 0 aromatic heterocycles. The third kappa shape index (κ3) is 0.742. The van der Waals surface area contributed by atoms with Gasteiger partial charge >= 0.3 is 0 Å². The van der Waals surface area contributed by atoms with Gasteiger partial charge in [-0.25, -0.2) is 0 Å². The van der Waals surface area contributed by atoms with Gasteiger partial charge in [-0.15, -0.1) is 0 Å². The summed E-state index contributed by atoms with van der Waals surface area (Å²) in [5, 5.41) is 3.19. The van der Waals surface area contributed by atoms with Crippen molar-refractivity contribution in [2.75, 3.05) is 13.1 Å². The average Bonchev–Trinajstić information content (AvgIpc) is 2.35.